The second kappa shape index (κ2) is 14.2. The highest BCUT2D eigenvalue weighted by Crippen LogP contribution is 2.28. The van der Waals surface area contributed by atoms with Crippen molar-refractivity contribution in [3.8, 4) is 0 Å². The first-order chi connectivity index (χ1) is 19.4. The Hall–Kier alpha value is -3.07. The average Bonchev–Trinajstić information content (AvgIpc) is 2.93. The van der Waals surface area contributed by atoms with Gasteiger partial charge in [-0.25, -0.2) is 8.42 Å². The van der Waals surface area contributed by atoms with E-state index in [2.05, 4.69) is 5.32 Å². The van der Waals surface area contributed by atoms with Crippen molar-refractivity contribution in [1.29, 1.82) is 0 Å². The quantitative estimate of drug-likeness (QED) is 0.249. The van der Waals surface area contributed by atoms with E-state index in [1.165, 1.54) is 17.0 Å². The molecule has 0 spiro atoms. The molecule has 0 saturated heterocycles. The van der Waals surface area contributed by atoms with E-state index in [1.807, 2.05) is 32.9 Å². The molecule has 3 aromatic carbocycles. The maximum atomic E-state index is 14.1. The molecule has 3 rings (SSSR count). The zero-order chi connectivity index (χ0) is 30.3. The fourth-order valence-electron chi connectivity index (χ4n) is 4.44. The van der Waals surface area contributed by atoms with Crippen LogP contribution in [-0.2, 0) is 26.2 Å². The van der Waals surface area contributed by atoms with E-state index in [4.69, 9.17) is 23.2 Å². The summed E-state index contributed by atoms with van der Waals surface area (Å²) in [6.45, 7) is 9.49. The van der Waals surface area contributed by atoms with Crippen molar-refractivity contribution in [2.45, 2.75) is 64.4 Å². The van der Waals surface area contributed by atoms with Gasteiger partial charge in [0.25, 0.3) is 10.0 Å². The molecule has 1 atom stereocenters. The molecule has 0 aliphatic rings. The molecule has 41 heavy (non-hydrogen) atoms. The van der Waals surface area contributed by atoms with Gasteiger partial charge in [0, 0.05) is 13.1 Å². The SMILES string of the molecule is CCNC(=O)[C@H](CC)N(Cc1ccc(Cl)c(Cl)c1)C(=O)CN(c1ccc(C(C)C)cc1)S(=O)(=O)c1ccc(C)cc1. The number of anilines is 1. The summed E-state index contributed by atoms with van der Waals surface area (Å²) < 4.78 is 29.1. The molecule has 3 aromatic rings. The highest BCUT2D eigenvalue weighted by Gasteiger charge is 2.33. The van der Waals surface area contributed by atoms with Crippen LogP contribution in [0.1, 0.15) is 56.7 Å². The largest absolute Gasteiger partial charge is 0.355 e. The molecule has 0 aromatic heterocycles. The number of sulfonamides is 1. The van der Waals surface area contributed by atoms with Gasteiger partial charge in [-0.3, -0.25) is 13.9 Å². The van der Waals surface area contributed by atoms with E-state index in [-0.39, 0.29) is 23.3 Å². The molecule has 7 nitrogen and oxygen atoms in total. The minimum atomic E-state index is -4.13. The van der Waals surface area contributed by atoms with Gasteiger partial charge in [-0.2, -0.15) is 0 Å². The van der Waals surface area contributed by atoms with Crippen LogP contribution < -0.4 is 9.62 Å². The molecule has 2 amide bonds. The Balaban J connectivity index is 2.08. The van der Waals surface area contributed by atoms with Crippen LogP contribution in [0.15, 0.2) is 71.6 Å². The fourth-order valence-corrected chi connectivity index (χ4v) is 6.17. The normalized spacial score (nSPS) is 12.2. The van der Waals surface area contributed by atoms with Gasteiger partial charge in [-0.15, -0.1) is 0 Å². The van der Waals surface area contributed by atoms with Crippen molar-refractivity contribution in [2.24, 2.45) is 0 Å². The molecule has 0 heterocycles. The number of hydrogen-bond donors (Lipinski definition) is 1. The van der Waals surface area contributed by atoms with Crippen LogP contribution in [0.2, 0.25) is 10.0 Å². The minimum Gasteiger partial charge on any atom is -0.355 e. The highest BCUT2D eigenvalue weighted by molar-refractivity contribution is 7.92. The Morgan fingerprint density at radius 1 is 0.902 bits per heavy atom. The lowest BCUT2D eigenvalue weighted by Crippen LogP contribution is -2.52. The lowest BCUT2D eigenvalue weighted by molar-refractivity contribution is -0.140. The first kappa shape index (κ1) is 32.4. The van der Waals surface area contributed by atoms with E-state index in [1.54, 1.807) is 56.3 Å². The summed E-state index contributed by atoms with van der Waals surface area (Å²) in [6.07, 6.45) is 0.326. The lowest BCUT2D eigenvalue weighted by Gasteiger charge is -2.33. The highest BCUT2D eigenvalue weighted by atomic mass is 35.5. The standard InChI is InChI=1S/C31H37Cl2N3O4S/c1-6-29(31(38)34-7-2)35(19-23-10-17-27(32)28(33)18-23)30(37)20-36(25-13-11-24(12-14-25)21(3)4)41(39,40)26-15-8-22(5)9-16-26/h8-18,21,29H,6-7,19-20H2,1-5H3,(H,34,38)/t29-/m0/s1. The molecule has 0 fully saturated rings. The predicted octanol–water partition coefficient (Wildman–Crippen LogP) is 6.56. The predicted molar refractivity (Wildman–Crippen MR) is 166 cm³/mol. The molecule has 10 heteroatoms. The Morgan fingerprint density at radius 2 is 1.54 bits per heavy atom. The van der Waals surface area contributed by atoms with Gasteiger partial charge in [0.05, 0.1) is 20.6 Å². The summed E-state index contributed by atoms with van der Waals surface area (Å²) in [7, 11) is -4.13. The van der Waals surface area contributed by atoms with Crippen molar-refractivity contribution >= 4 is 50.7 Å². The van der Waals surface area contributed by atoms with E-state index >= 15 is 0 Å². The minimum absolute atomic E-state index is 0.0378. The molecule has 0 unspecified atom stereocenters. The monoisotopic (exact) mass is 617 g/mol. The van der Waals surface area contributed by atoms with Crippen LogP contribution in [0.25, 0.3) is 0 Å². The molecule has 0 aliphatic carbocycles. The maximum Gasteiger partial charge on any atom is 0.264 e. The van der Waals surface area contributed by atoms with Gasteiger partial charge in [0.2, 0.25) is 11.8 Å². The van der Waals surface area contributed by atoms with Crippen LogP contribution in [0.4, 0.5) is 5.69 Å². The van der Waals surface area contributed by atoms with Gasteiger partial charge in [-0.1, -0.05) is 79.9 Å². The number of likely N-dealkylation sites (N-methyl/N-ethyl adjacent to an activating group) is 1. The van der Waals surface area contributed by atoms with Crippen molar-refractivity contribution in [3.05, 3.63) is 93.5 Å². The molecule has 0 aliphatic heterocycles. The lowest BCUT2D eigenvalue weighted by atomic mass is 10.0. The number of halogens is 2. The van der Waals surface area contributed by atoms with Gasteiger partial charge in [0.1, 0.15) is 12.6 Å². The summed E-state index contributed by atoms with van der Waals surface area (Å²) in [4.78, 5) is 28.6. The van der Waals surface area contributed by atoms with Crippen LogP contribution in [-0.4, -0.2) is 44.3 Å². The van der Waals surface area contributed by atoms with Gasteiger partial charge >= 0.3 is 0 Å². The maximum absolute atomic E-state index is 14.1. The van der Waals surface area contributed by atoms with Crippen molar-refractivity contribution in [2.75, 3.05) is 17.4 Å². The first-order valence-electron chi connectivity index (χ1n) is 13.6. The molecule has 220 valence electrons. The number of carbonyl (C=O) groups excluding carboxylic acids is 2. The number of hydrogen-bond acceptors (Lipinski definition) is 4. The van der Waals surface area contributed by atoms with E-state index in [0.29, 0.717) is 34.3 Å². The third-order valence-corrected chi connectivity index (χ3v) is 9.34. The smallest absolute Gasteiger partial charge is 0.264 e. The van der Waals surface area contributed by atoms with Crippen LogP contribution in [0.5, 0.6) is 0 Å². The number of rotatable bonds is 12. The van der Waals surface area contributed by atoms with Crippen molar-refractivity contribution < 1.29 is 18.0 Å². The van der Waals surface area contributed by atoms with Crippen LogP contribution in [0, 0.1) is 6.92 Å². The number of aryl methyl sites for hydroxylation is 1. The first-order valence-corrected chi connectivity index (χ1v) is 15.8. The molecule has 1 N–H and O–H groups in total. The molecular weight excluding hydrogens is 581 g/mol. The number of amides is 2. The Bertz CT molecular complexity index is 1460. The summed E-state index contributed by atoms with van der Waals surface area (Å²) >= 11 is 12.3. The second-order valence-electron chi connectivity index (χ2n) is 10.2. The molecule has 0 saturated carbocycles. The molecule has 0 bridgehead atoms. The average molecular weight is 619 g/mol. The third kappa shape index (κ3) is 8.03. The van der Waals surface area contributed by atoms with Gasteiger partial charge in [0.15, 0.2) is 0 Å². The Kier molecular flexibility index (Phi) is 11.2. The van der Waals surface area contributed by atoms with E-state index in [9.17, 15) is 18.0 Å². The molecular formula is C31H37Cl2N3O4S. The number of nitrogens with zero attached hydrogens (tertiary/aromatic N) is 2. The van der Waals surface area contributed by atoms with E-state index < -0.39 is 28.5 Å². The number of nitrogens with one attached hydrogen (secondary N) is 1. The zero-order valence-electron chi connectivity index (χ0n) is 24.0. The van der Waals surface area contributed by atoms with Crippen LogP contribution in [0.3, 0.4) is 0 Å². The number of carbonyl (C=O) groups is 2. The number of benzene rings is 3. The second-order valence-corrected chi connectivity index (χ2v) is 12.8. The van der Waals surface area contributed by atoms with Crippen LogP contribution >= 0.6 is 23.2 Å². The van der Waals surface area contributed by atoms with E-state index in [0.717, 1.165) is 15.4 Å². The zero-order valence-corrected chi connectivity index (χ0v) is 26.4. The Morgan fingerprint density at radius 3 is 2.07 bits per heavy atom. The summed E-state index contributed by atoms with van der Waals surface area (Å²) in [5, 5.41) is 3.47. The molecule has 0 radical (unpaired) electrons. The van der Waals surface area contributed by atoms with Crippen molar-refractivity contribution in [1.82, 2.24) is 10.2 Å². The van der Waals surface area contributed by atoms with Crippen molar-refractivity contribution in [3.63, 3.8) is 0 Å². The summed E-state index contributed by atoms with van der Waals surface area (Å²) in [5.74, 6) is -0.604. The summed E-state index contributed by atoms with van der Waals surface area (Å²) in [6, 6.07) is 17.8. The Labute approximate surface area is 253 Å². The summed E-state index contributed by atoms with van der Waals surface area (Å²) in [5.41, 5.74) is 2.96. The topological polar surface area (TPSA) is 86.8 Å². The van der Waals surface area contributed by atoms with Gasteiger partial charge < -0.3 is 10.2 Å². The van der Waals surface area contributed by atoms with Gasteiger partial charge in [-0.05, 0) is 73.7 Å². The fraction of sp³-hybridized carbons (Fsp3) is 0.355. The third-order valence-electron chi connectivity index (χ3n) is 6.81.